The van der Waals surface area contributed by atoms with Crippen LogP contribution in [0.5, 0.6) is 0 Å². The zero-order valence-electron chi connectivity index (χ0n) is 11.8. The SMILES string of the molecule is O=Cc1cncc(C(F)(F)F)c1.OCc1cncc(C(F)(F)F)c1. The van der Waals surface area contributed by atoms with E-state index < -0.39 is 30.1 Å². The molecule has 1 N–H and O–H groups in total. The van der Waals surface area contributed by atoms with Crippen molar-refractivity contribution in [3.63, 3.8) is 0 Å². The molecular weight excluding hydrogens is 342 g/mol. The Kier molecular flexibility index (Phi) is 6.41. The van der Waals surface area contributed by atoms with Gasteiger partial charge in [0.25, 0.3) is 0 Å². The van der Waals surface area contributed by atoms with Gasteiger partial charge >= 0.3 is 12.4 Å². The van der Waals surface area contributed by atoms with Gasteiger partial charge in [-0.2, -0.15) is 26.3 Å². The number of hydrogen-bond donors (Lipinski definition) is 1. The largest absolute Gasteiger partial charge is 0.417 e. The van der Waals surface area contributed by atoms with E-state index in [1.54, 1.807) is 0 Å². The van der Waals surface area contributed by atoms with Crippen molar-refractivity contribution in [3.8, 4) is 0 Å². The summed E-state index contributed by atoms with van der Waals surface area (Å²) in [5, 5.41) is 8.52. The second-order valence-corrected chi connectivity index (χ2v) is 4.36. The van der Waals surface area contributed by atoms with Crippen LogP contribution in [0.4, 0.5) is 26.3 Å². The molecule has 0 bridgehead atoms. The molecule has 0 aliphatic heterocycles. The minimum absolute atomic E-state index is 0.0789. The molecule has 0 unspecified atom stereocenters. The molecular formula is C14H10F6N2O2. The highest BCUT2D eigenvalue weighted by Crippen LogP contribution is 2.29. The fourth-order valence-electron chi connectivity index (χ4n) is 1.41. The number of halogens is 6. The summed E-state index contributed by atoms with van der Waals surface area (Å²) in [6.07, 6.45) is -4.85. The highest BCUT2D eigenvalue weighted by molar-refractivity contribution is 5.74. The molecule has 0 atom stereocenters. The molecule has 0 amide bonds. The van der Waals surface area contributed by atoms with Gasteiger partial charge in [0.15, 0.2) is 6.29 Å². The lowest BCUT2D eigenvalue weighted by molar-refractivity contribution is -0.138. The number of rotatable bonds is 2. The van der Waals surface area contributed by atoms with Gasteiger partial charge in [-0.1, -0.05) is 0 Å². The smallest absolute Gasteiger partial charge is 0.392 e. The van der Waals surface area contributed by atoms with Gasteiger partial charge in [0.05, 0.1) is 17.7 Å². The summed E-state index contributed by atoms with van der Waals surface area (Å²) in [4.78, 5) is 16.7. The lowest BCUT2D eigenvalue weighted by atomic mass is 10.2. The van der Waals surface area contributed by atoms with Crippen LogP contribution in [0.2, 0.25) is 0 Å². The fraction of sp³-hybridized carbons (Fsp3) is 0.214. The van der Waals surface area contributed by atoms with Gasteiger partial charge in [0, 0.05) is 30.4 Å². The number of aliphatic hydroxyl groups excluding tert-OH is 1. The molecule has 0 spiro atoms. The van der Waals surface area contributed by atoms with Crippen LogP contribution in [-0.2, 0) is 19.0 Å². The third-order valence-corrected chi connectivity index (χ3v) is 2.53. The molecule has 2 heterocycles. The Balaban J connectivity index is 0.000000240. The highest BCUT2D eigenvalue weighted by atomic mass is 19.4. The minimum atomic E-state index is -4.44. The van der Waals surface area contributed by atoms with Crippen molar-refractivity contribution in [2.45, 2.75) is 19.0 Å². The van der Waals surface area contributed by atoms with Crippen molar-refractivity contribution in [2.24, 2.45) is 0 Å². The number of pyridine rings is 2. The number of carbonyl (C=O) groups excluding carboxylic acids is 1. The molecule has 24 heavy (non-hydrogen) atoms. The van der Waals surface area contributed by atoms with Crippen molar-refractivity contribution in [2.75, 3.05) is 0 Å². The Labute approximate surface area is 131 Å². The third kappa shape index (κ3) is 5.95. The number of aliphatic hydroxyl groups is 1. The molecule has 0 saturated carbocycles. The number of carbonyl (C=O) groups is 1. The number of hydrogen-bond acceptors (Lipinski definition) is 4. The summed E-state index contributed by atoms with van der Waals surface area (Å²) in [6.45, 7) is -0.434. The normalized spacial score (nSPS) is 11.5. The number of alkyl halides is 6. The monoisotopic (exact) mass is 352 g/mol. The summed E-state index contributed by atoms with van der Waals surface area (Å²) >= 11 is 0. The molecule has 2 aromatic heterocycles. The lowest BCUT2D eigenvalue weighted by Gasteiger charge is -2.05. The molecule has 0 radical (unpaired) electrons. The first-order chi connectivity index (χ1) is 11.1. The molecule has 10 heteroatoms. The molecule has 0 aliphatic rings. The average molecular weight is 352 g/mol. The minimum Gasteiger partial charge on any atom is -0.392 e. The van der Waals surface area contributed by atoms with Crippen molar-refractivity contribution in [3.05, 3.63) is 59.2 Å². The molecule has 0 fully saturated rings. The molecule has 2 aromatic rings. The van der Waals surface area contributed by atoms with Crippen molar-refractivity contribution in [1.82, 2.24) is 9.97 Å². The first-order valence-electron chi connectivity index (χ1n) is 6.17. The average Bonchev–Trinajstić information content (AvgIpc) is 2.54. The summed E-state index contributed by atoms with van der Waals surface area (Å²) in [5.74, 6) is 0. The zero-order valence-corrected chi connectivity index (χ0v) is 11.8. The van der Waals surface area contributed by atoms with Gasteiger partial charge in [0.2, 0.25) is 0 Å². The van der Waals surface area contributed by atoms with Gasteiger partial charge in [-0.25, -0.2) is 0 Å². The molecule has 0 aliphatic carbocycles. The Morgan fingerprint density at radius 1 is 0.875 bits per heavy atom. The molecule has 2 rings (SSSR count). The predicted octanol–water partition coefficient (Wildman–Crippen LogP) is 3.51. The Morgan fingerprint density at radius 2 is 1.38 bits per heavy atom. The summed E-state index contributed by atoms with van der Waals surface area (Å²) < 4.78 is 71.8. The second kappa shape index (κ2) is 7.86. The molecule has 0 aromatic carbocycles. The summed E-state index contributed by atoms with van der Waals surface area (Å²) in [5.41, 5.74) is -1.67. The van der Waals surface area contributed by atoms with Crippen LogP contribution in [0.3, 0.4) is 0 Å². The van der Waals surface area contributed by atoms with E-state index >= 15 is 0 Å². The van der Waals surface area contributed by atoms with E-state index in [0.29, 0.717) is 12.5 Å². The van der Waals surface area contributed by atoms with Gasteiger partial charge in [-0.15, -0.1) is 0 Å². The number of aromatic nitrogens is 2. The first-order valence-corrected chi connectivity index (χ1v) is 6.17. The van der Waals surface area contributed by atoms with E-state index in [-0.39, 0.29) is 11.1 Å². The van der Waals surface area contributed by atoms with Crippen LogP contribution in [0, 0.1) is 0 Å². The lowest BCUT2D eigenvalue weighted by Crippen LogP contribution is -2.06. The maximum atomic E-state index is 12.0. The fourth-order valence-corrected chi connectivity index (χ4v) is 1.41. The Hall–Kier alpha value is -2.49. The van der Waals surface area contributed by atoms with Crippen LogP contribution < -0.4 is 0 Å². The standard InChI is InChI=1S/C7H6F3NO.C7H4F3NO/c2*8-7(9,10)6-1-5(4-12)2-11-3-6/h1-3,12H,4H2;1-4H. The zero-order chi connectivity index (χ0) is 18.4. The first kappa shape index (κ1) is 19.6. The van der Waals surface area contributed by atoms with E-state index in [1.807, 2.05) is 0 Å². The van der Waals surface area contributed by atoms with Gasteiger partial charge < -0.3 is 5.11 Å². The molecule has 0 saturated heterocycles. The van der Waals surface area contributed by atoms with E-state index in [4.69, 9.17) is 5.11 Å². The van der Waals surface area contributed by atoms with Crippen molar-refractivity contribution < 1.29 is 36.2 Å². The topological polar surface area (TPSA) is 63.1 Å². The molecule has 4 nitrogen and oxygen atoms in total. The van der Waals surface area contributed by atoms with Crippen molar-refractivity contribution in [1.29, 1.82) is 0 Å². The van der Waals surface area contributed by atoms with Gasteiger partial charge in [-0.3, -0.25) is 14.8 Å². The van der Waals surface area contributed by atoms with E-state index in [9.17, 15) is 31.1 Å². The van der Waals surface area contributed by atoms with Crippen LogP contribution in [0.1, 0.15) is 27.0 Å². The highest BCUT2D eigenvalue weighted by Gasteiger charge is 2.31. The second-order valence-electron chi connectivity index (χ2n) is 4.36. The molecule has 130 valence electrons. The predicted molar refractivity (Wildman–Crippen MR) is 69.8 cm³/mol. The van der Waals surface area contributed by atoms with E-state index in [2.05, 4.69) is 9.97 Å². The third-order valence-electron chi connectivity index (χ3n) is 2.53. The summed E-state index contributed by atoms with van der Waals surface area (Å²) in [6, 6.07) is 1.62. The van der Waals surface area contributed by atoms with Crippen molar-refractivity contribution >= 4 is 6.29 Å². The van der Waals surface area contributed by atoms with Crippen LogP contribution in [0.15, 0.2) is 36.9 Å². The number of aldehydes is 1. The maximum absolute atomic E-state index is 12.0. The van der Waals surface area contributed by atoms with Crippen LogP contribution >= 0.6 is 0 Å². The Bertz CT molecular complexity index is 685. The van der Waals surface area contributed by atoms with Gasteiger partial charge in [-0.05, 0) is 17.7 Å². The van der Waals surface area contributed by atoms with E-state index in [0.717, 1.165) is 24.5 Å². The Morgan fingerprint density at radius 3 is 1.83 bits per heavy atom. The quantitative estimate of drug-likeness (QED) is 0.664. The van der Waals surface area contributed by atoms with Gasteiger partial charge in [0.1, 0.15) is 0 Å². The summed E-state index contributed by atoms with van der Waals surface area (Å²) in [7, 11) is 0. The number of nitrogens with zero attached hydrogens (tertiary/aromatic N) is 2. The van der Waals surface area contributed by atoms with Crippen LogP contribution in [0.25, 0.3) is 0 Å². The van der Waals surface area contributed by atoms with Crippen LogP contribution in [-0.4, -0.2) is 21.4 Å². The van der Waals surface area contributed by atoms with E-state index in [1.165, 1.54) is 6.20 Å². The maximum Gasteiger partial charge on any atom is 0.417 e.